The number of pyridine rings is 1. The van der Waals surface area contributed by atoms with Crippen LogP contribution in [-0.4, -0.2) is 11.3 Å². The predicted octanol–water partition coefficient (Wildman–Crippen LogP) is 3.88. The van der Waals surface area contributed by atoms with Gasteiger partial charge in [0.1, 0.15) is 5.75 Å². The number of halogens is 4. The zero-order chi connectivity index (χ0) is 14.0. The highest BCUT2D eigenvalue weighted by atomic mass is 35.5. The molecule has 0 fully saturated rings. The van der Waals surface area contributed by atoms with E-state index in [2.05, 4.69) is 9.72 Å². The minimum Gasteiger partial charge on any atom is -0.406 e. The normalized spacial score (nSPS) is 11.4. The molecule has 100 valence electrons. The second-order valence-corrected chi connectivity index (χ2v) is 4.03. The van der Waals surface area contributed by atoms with E-state index in [0.29, 0.717) is 16.8 Å². The molecular weight excluding hydrogens is 281 g/mol. The number of nitrogens with zero attached hydrogens (tertiary/aromatic N) is 1. The summed E-state index contributed by atoms with van der Waals surface area (Å²) in [7, 11) is 0. The molecule has 2 rings (SSSR count). The van der Waals surface area contributed by atoms with Crippen molar-refractivity contribution >= 4 is 17.3 Å². The maximum Gasteiger partial charge on any atom is 0.573 e. The third kappa shape index (κ3) is 3.51. The third-order valence-electron chi connectivity index (χ3n) is 2.29. The monoisotopic (exact) mass is 288 g/mol. The number of anilines is 1. The van der Waals surface area contributed by atoms with E-state index in [1.807, 2.05) is 0 Å². The van der Waals surface area contributed by atoms with E-state index >= 15 is 0 Å². The summed E-state index contributed by atoms with van der Waals surface area (Å²) < 4.78 is 39.8. The van der Waals surface area contributed by atoms with Crippen molar-refractivity contribution in [2.45, 2.75) is 6.36 Å². The minimum atomic E-state index is -4.70. The maximum atomic E-state index is 12.0. The van der Waals surface area contributed by atoms with Crippen LogP contribution >= 0.6 is 11.6 Å². The lowest BCUT2D eigenvalue weighted by atomic mass is 10.1. The van der Waals surface area contributed by atoms with E-state index in [1.54, 1.807) is 6.07 Å². The van der Waals surface area contributed by atoms with E-state index in [0.717, 1.165) is 0 Å². The van der Waals surface area contributed by atoms with Gasteiger partial charge in [-0.2, -0.15) is 0 Å². The fourth-order valence-corrected chi connectivity index (χ4v) is 1.58. The molecule has 0 aliphatic rings. The van der Waals surface area contributed by atoms with Gasteiger partial charge in [0.25, 0.3) is 0 Å². The van der Waals surface area contributed by atoms with Crippen molar-refractivity contribution in [2.24, 2.45) is 0 Å². The van der Waals surface area contributed by atoms with Crippen molar-refractivity contribution in [3.63, 3.8) is 0 Å². The van der Waals surface area contributed by atoms with Gasteiger partial charge in [0, 0.05) is 11.8 Å². The molecule has 2 N–H and O–H groups in total. The molecule has 0 amide bonds. The Morgan fingerprint density at radius 1 is 1.11 bits per heavy atom. The largest absolute Gasteiger partial charge is 0.573 e. The van der Waals surface area contributed by atoms with Crippen molar-refractivity contribution < 1.29 is 17.9 Å². The van der Waals surface area contributed by atoms with Crippen molar-refractivity contribution in [2.75, 3.05) is 5.73 Å². The lowest BCUT2D eigenvalue weighted by Crippen LogP contribution is -2.16. The highest BCUT2D eigenvalue weighted by Crippen LogP contribution is 2.28. The number of benzene rings is 1. The van der Waals surface area contributed by atoms with Crippen molar-refractivity contribution in [3.05, 3.63) is 41.7 Å². The quantitative estimate of drug-likeness (QED) is 0.853. The summed E-state index contributed by atoms with van der Waals surface area (Å²) in [6.07, 6.45) is -3.22. The number of ether oxygens (including phenoxy) is 1. The maximum absolute atomic E-state index is 12.0. The zero-order valence-corrected chi connectivity index (χ0v) is 10.2. The minimum absolute atomic E-state index is 0.181. The predicted molar refractivity (Wildman–Crippen MR) is 65.8 cm³/mol. The average molecular weight is 289 g/mol. The van der Waals surface area contributed by atoms with Gasteiger partial charge in [0.05, 0.1) is 5.69 Å². The highest BCUT2D eigenvalue weighted by molar-refractivity contribution is 6.31. The number of rotatable bonds is 2. The Morgan fingerprint density at radius 2 is 1.74 bits per heavy atom. The molecule has 19 heavy (non-hydrogen) atoms. The summed E-state index contributed by atoms with van der Waals surface area (Å²) in [5.74, 6) is -0.286. The molecule has 1 heterocycles. The molecule has 3 nitrogen and oxygen atoms in total. The number of alkyl halides is 3. The van der Waals surface area contributed by atoms with E-state index in [9.17, 15) is 13.2 Å². The van der Waals surface area contributed by atoms with Gasteiger partial charge in [0.15, 0.2) is 5.15 Å². The Morgan fingerprint density at radius 3 is 2.26 bits per heavy atom. The lowest BCUT2D eigenvalue weighted by molar-refractivity contribution is -0.274. The highest BCUT2D eigenvalue weighted by Gasteiger charge is 2.30. The number of hydrogen-bond donors (Lipinski definition) is 1. The number of aromatic nitrogens is 1. The van der Waals surface area contributed by atoms with Gasteiger partial charge < -0.3 is 10.5 Å². The first kappa shape index (κ1) is 13.5. The van der Waals surface area contributed by atoms with Crippen LogP contribution in [0.2, 0.25) is 5.15 Å². The van der Waals surface area contributed by atoms with Crippen LogP contribution in [-0.2, 0) is 0 Å². The van der Waals surface area contributed by atoms with Gasteiger partial charge in [0.2, 0.25) is 0 Å². The molecular formula is C12H8ClF3N2O. The first-order valence-corrected chi connectivity index (χ1v) is 5.50. The molecule has 0 aliphatic carbocycles. The molecule has 1 aromatic heterocycles. The SMILES string of the molecule is Nc1cc(-c2ccc(OC(F)(F)F)cc2)cnc1Cl. The second kappa shape index (κ2) is 4.97. The van der Waals surface area contributed by atoms with E-state index in [4.69, 9.17) is 17.3 Å². The van der Waals surface area contributed by atoms with Crippen molar-refractivity contribution in [1.29, 1.82) is 0 Å². The van der Waals surface area contributed by atoms with Crippen molar-refractivity contribution in [1.82, 2.24) is 4.98 Å². The first-order valence-electron chi connectivity index (χ1n) is 5.12. The molecule has 0 saturated heterocycles. The van der Waals surface area contributed by atoms with Gasteiger partial charge >= 0.3 is 6.36 Å². The molecule has 0 aliphatic heterocycles. The molecule has 0 atom stereocenters. The van der Waals surface area contributed by atoms with Gasteiger partial charge in [-0.3, -0.25) is 0 Å². The Bertz CT molecular complexity index is 585. The van der Waals surface area contributed by atoms with Gasteiger partial charge in [-0.15, -0.1) is 13.2 Å². The Balaban J connectivity index is 2.25. The molecule has 1 aromatic carbocycles. The summed E-state index contributed by atoms with van der Waals surface area (Å²) in [6, 6.07) is 6.98. The summed E-state index contributed by atoms with van der Waals surface area (Å²) in [6.45, 7) is 0. The summed E-state index contributed by atoms with van der Waals surface area (Å²) in [4.78, 5) is 3.87. The topological polar surface area (TPSA) is 48.1 Å². The fraction of sp³-hybridized carbons (Fsp3) is 0.0833. The molecule has 2 aromatic rings. The van der Waals surface area contributed by atoms with Crippen LogP contribution in [0.25, 0.3) is 11.1 Å². The second-order valence-electron chi connectivity index (χ2n) is 3.68. The van der Waals surface area contributed by atoms with E-state index in [-0.39, 0.29) is 10.9 Å². The Hall–Kier alpha value is -1.95. The molecule has 0 spiro atoms. The molecule has 7 heteroatoms. The standard InChI is InChI=1S/C12H8ClF3N2O/c13-11-10(17)5-8(6-18-11)7-1-3-9(4-2-7)19-12(14,15)16/h1-6H,17H2. The van der Waals surface area contributed by atoms with Crippen LogP contribution in [0.15, 0.2) is 36.5 Å². The van der Waals surface area contributed by atoms with Gasteiger partial charge in [-0.05, 0) is 23.8 Å². The molecule has 0 saturated carbocycles. The summed E-state index contributed by atoms with van der Waals surface area (Å²) in [5.41, 5.74) is 7.21. The third-order valence-corrected chi connectivity index (χ3v) is 2.60. The fourth-order valence-electron chi connectivity index (χ4n) is 1.47. The summed E-state index contributed by atoms with van der Waals surface area (Å²) >= 11 is 5.68. The van der Waals surface area contributed by atoms with Crippen LogP contribution in [0.5, 0.6) is 5.75 Å². The first-order chi connectivity index (χ1) is 8.85. The Labute approximate surface area is 111 Å². The smallest absolute Gasteiger partial charge is 0.406 e. The lowest BCUT2D eigenvalue weighted by Gasteiger charge is -2.09. The van der Waals surface area contributed by atoms with E-state index in [1.165, 1.54) is 30.5 Å². The van der Waals surface area contributed by atoms with E-state index < -0.39 is 6.36 Å². The van der Waals surface area contributed by atoms with Crippen LogP contribution in [0.1, 0.15) is 0 Å². The molecule has 0 unspecified atom stereocenters. The number of nitrogen functional groups attached to an aromatic ring is 1. The summed E-state index contributed by atoms with van der Waals surface area (Å²) in [5, 5.41) is 0.181. The number of hydrogen-bond acceptors (Lipinski definition) is 3. The number of nitrogens with two attached hydrogens (primary N) is 1. The van der Waals surface area contributed by atoms with Crippen molar-refractivity contribution in [3.8, 4) is 16.9 Å². The molecule has 0 radical (unpaired) electrons. The van der Waals surface area contributed by atoms with Crippen LogP contribution < -0.4 is 10.5 Å². The zero-order valence-electron chi connectivity index (χ0n) is 9.41. The van der Waals surface area contributed by atoms with Gasteiger partial charge in [-0.1, -0.05) is 23.7 Å². The van der Waals surface area contributed by atoms with Crippen LogP contribution in [0, 0.1) is 0 Å². The Kier molecular flexibility index (Phi) is 3.53. The molecule has 0 bridgehead atoms. The van der Waals surface area contributed by atoms with Crippen LogP contribution in [0.4, 0.5) is 18.9 Å². The van der Waals surface area contributed by atoms with Gasteiger partial charge in [-0.25, -0.2) is 4.98 Å². The average Bonchev–Trinajstić information content (AvgIpc) is 2.32. The van der Waals surface area contributed by atoms with Crippen LogP contribution in [0.3, 0.4) is 0 Å².